The Balaban J connectivity index is 1.50. The Morgan fingerprint density at radius 1 is 0.611 bits per heavy atom. The molecule has 6 heteroatoms. The van der Waals surface area contributed by atoms with Gasteiger partial charge in [-0.2, -0.15) is 0 Å². The molecule has 2 aliphatic carbocycles. The lowest BCUT2D eigenvalue weighted by molar-refractivity contribution is 0.363. The van der Waals surface area contributed by atoms with Crippen molar-refractivity contribution in [3.63, 3.8) is 0 Å². The molecule has 0 heterocycles. The minimum Gasteiger partial charge on any atom is -0.496 e. The summed E-state index contributed by atoms with van der Waals surface area (Å²) in [6.07, 6.45) is 13.9. The van der Waals surface area contributed by atoms with E-state index in [2.05, 4.69) is 24.3 Å². The smallest absolute Gasteiger partial charge is 0.122 e. The van der Waals surface area contributed by atoms with E-state index in [4.69, 9.17) is 9.47 Å². The normalized spacial score (nSPS) is 20.8. The van der Waals surface area contributed by atoms with E-state index in [9.17, 15) is 9.13 Å². The molecule has 36 heavy (non-hydrogen) atoms. The van der Waals surface area contributed by atoms with Crippen LogP contribution in [0.5, 0.6) is 11.5 Å². The summed E-state index contributed by atoms with van der Waals surface area (Å²) in [6, 6.07) is 16.4. The Hall–Kier alpha value is -1.50. The number of ether oxygens (including phenoxy) is 2. The Morgan fingerprint density at radius 3 is 1.33 bits per heavy atom. The maximum Gasteiger partial charge on any atom is 0.122 e. The summed E-state index contributed by atoms with van der Waals surface area (Å²) in [7, 11) is -0.410. The molecule has 2 aliphatic rings. The predicted molar refractivity (Wildman–Crippen MR) is 153 cm³/mol. The zero-order valence-corrected chi connectivity index (χ0v) is 24.2. The Bertz CT molecular complexity index is 955. The van der Waals surface area contributed by atoms with E-state index in [1.165, 1.54) is 12.8 Å². The highest BCUT2D eigenvalue weighted by atomic mass is 31.1. The van der Waals surface area contributed by atoms with Crippen LogP contribution in [0.1, 0.15) is 75.3 Å². The van der Waals surface area contributed by atoms with E-state index in [1.807, 2.05) is 24.3 Å². The molecule has 198 valence electrons. The Morgan fingerprint density at radius 2 is 0.972 bits per heavy atom. The molecule has 2 fully saturated rings. The van der Waals surface area contributed by atoms with Gasteiger partial charge in [0.25, 0.3) is 0 Å². The van der Waals surface area contributed by atoms with Crippen molar-refractivity contribution in [2.45, 2.75) is 87.4 Å². The summed E-state index contributed by atoms with van der Waals surface area (Å²) in [6.45, 7) is 0. The lowest BCUT2D eigenvalue weighted by Gasteiger charge is -2.39. The molecular formula is C30H44O4P2. The lowest BCUT2D eigenvalue weighted by Crippen LogP contribution is -2.33. The predicted octanol–water partition coefficient (Wildman–Crippen LogP) is 8.01. The van der Waals surface area contributed by atoms with Gasteiger partial charge in [0.05, 0.1) is 29.8 Å². The van der Waals surface area contributed by atoms with Crippen LogP contribution in [0.3, 0.4) is 0 Å². The van der Waals surface area contributed by atoms with Crippen molar-refractivity contribution in [1.82, 2.24) is 0 Å². The fourth-order valence-corrected chi connectivity index (χ4v) is 12.2. The van der Waals surface area contributed by atoms with Crippen LogP contribution in [0.4, 0.5) is 0 Å². The number of methoxy groups -OCH3 is 2. The molecule has 0 bridgehead atoms. The number of rotatable bonds is 11. The van der Waals surface area contributed by atoms with Gasteiger partial charge < -0.3 is 18.6 Å². The third-order valence-electron chi connectivity index (χ3n) is 8.83. The zero-order valence-electron chi connectivity index (χ0n) is 22.2. The maximum atomic E-state index is 14.1. The van der Waals surface area contributed by atoms with Crippen molar-refractivity contribution in [2.24, 2.45) is 0 Å². The van der Waals surface area contributed by atoms with Crippen molar-refractivity contribution in [3.05, 3.63) is 59.7 Å². The van der Waals surface area contributed by atoms with Crippen LogP contribution in [0.2, 0.25) is 0 Å². The third kappa shape index (κ3) is 6.31. The summed E-state index contributed by atoms with van der Waals surface area (Å²) in [5, 5.41) is -0.329. The van der Waals surface area contributed by atoms with Crippen molar-refractivity contribution in [2.75, 3.05) is 26.5 Å². The second-order valence-electron chi connectivity index (χ2n) is 11.0. The topological polar surface area (TPSA) is 52.6 Å². The number of hydrogen-bond acceptors (Lipinski definition) is 4. The maximum absolute atomic E-state index is 14.1. The van der Waals surface area contributed by atoms with Gasteiger partial charge in [-0.05, 0) is 61.8 Å². The highest BCUT2D eigenvalue weighted by Crippen LogP contribution is 2.56. The molecule has 0 spiro atoms. The van der Waals surface area contributed by atoms with E-state index in [0.717, 1.165) is 86.8 Å². The first-order valence-electron chi connectivity index (χ1n) is 13.8. The van der Waals surface area contributed by atoms with Gasteiger partial charge in [-0.3, -0.25) is 0 Å². The first kappa shape index (κ1) is 27.5. The molecule has 2 aromatic rings. The van der Waals surface area contributed by atoms with Crippen LogP contribution < -0.4 is 9.47 Å². The SMILES string of the molecule is COc1ccccc1CC1([PH](=O)CC[PH](=O)C2(Cc3ccccc3OC)CCCCC2)CCCCC1. The highest BCUT2D eigenvalue weighted by Gasteiger charge is 2.41. The second-order valence-corrected chi connectivity index (χ2v) is 15.8. The molecule has 0 aromatic heterocycles. The third-order valence-corrected chi connectivity index (χ3v) is 14.5. The number of para-hydroxylation sites is 2. The van der Waals surface area contributed by atoms with Gasteiger partial charge in [-0.25, -0.2) is 0 Å². The van der Waals surface area contributed by atoms with Crippen molar-refractivity contribution < 1.29 is 18.6 Å². The molecule has 2 unspecified atom stereocenters. The molecule has 0 amide bonds. The van der Waals surface area contributed by atoms with E-state index in [0.29, 0.717) is 12.3 Å². The molecule has 4 nitrogen and oxygen atoms in total. The Kier molecular flexibility index (Phi) is 9.82. The highest BCUT2D eigenvalue weighted by molar-refractivity contribution is 7.51. The molecule has 0 aliphatic heterocycles. The molecule has 2 atom stereocenters. The van der Waals surface area contributed by atoms with Crippen molar-refractivity contribution in [3.8, 4) is 11.5 Å². The molecule has 2 saturated carbocycles. The van der Waals surface area contributed by atoms with Gasteiger partial charge in [-0.15, -0.1) is 0 Å². The van der Waals surface area contributed by atoms with Crippen LogP contribution >= 0.6 is 15.6 Å². The summed E-state index contributed by atoms with van der Waals surface area (Å²) in [5.41, 5.74) is 2.32. The fourth-order valence-electron chi connectivity index (χ4n) is 6.75. The van der Waals surface area contributed by atoms with Crippen LogP contribution in [0, 0.1) is 0 Å². The van der Waals surface area contributed by atoms with E-state index < -0.39 is 15.6 Å². The van der Waals surface area contributed by atoms with E-state index in [-0.39, 0.29) is 10.3 Å². The first-order valence-corrected chi connectivity index (χ1v) is 17.1. The van der Waals surface area contributed by atoms with Crippen LogP contribution in [0.15, 0.2) is 48.5 Å². The van der Waals surface area contributed by atoms with Crippen LogP contribution in [-0.2, 0) is 22.0 Å². The van der Waals surface area contributed by atoms with Gasteiger partial charge in [-0.1, -0.05) is 74.9 Å². The quantitative estimate of drug-likeness (QED) is 0.276. The Labute approximate surface area is 219 Å². The molecule has 0 saturated heterocycles. The molecule has 4 rings (SSSR count). The zero-order chi connectivity index (χ0) is 25.4. The molecule has 2 aromatic carbocycles. The number of benzene rings is 2. The van der Waals surface area contributed by atoms with Gasteiger partial charge in [0.1, 0.15) is 11.5 Å². The van der Waals surface area contributed by atoms with Crippen molar-refractivity contribution >= 4 is 15.6 Å². The van der Waals surface area contributed by atoms with Crippen molar-refractivity contribution in [1.29, 1.82) is 0 Å². The monoisotopic (exact) mass is 530 g/mol. The van der Waals surface area contributed by atoms with Gasteiger partial charge in [0.15, 0.2) is 0 Å². The fraction of sp³-hybridized carbons (Fsp3) is 0.600. The van der Waals surface area contributed by atoms with Gasteiger partial charge in [0.2, 0.25) is 0 Å². The van der Waals surface area contributed by atoms with Crippen LogP contribution in [-0.4, -0.2) is 36.9 Å². The molecular weight excluding hydrogens is 486 g/mol. The first-order chi connectivity index (χ1) is 17.5. The standard InChI is InChI=1S/C30H44O4P2/c1-33-27-15-7-5-13-25(27)23-29(17-9-3-10-18-29)35(31)21-22-36(32)30(19-11-4-12-20-30)24-26-14-6-8-16-28(26)34-2/h5-8,13-16,35-36H,3-4,9-12,17-24H2,1-2H3. The largest absolute Gasteiger partial charge is 0.496 e. The lowest BCUT2D eigenvalue weighted by atomic mass is 9.83. The summed E-state index contributed by atoms with van der Waals surface area (Å²) in [5.74, 6) is 1.78. The van der Waals surface area contributed by atoms with Gasteiger partial charge in [0, 0.05) is 22.6 Å². The second kappa shape index (κ2) is 12.8. The minimum atomic E-state index is -1.92. The van der Waals surface area contributed by atoms with E-state index >= 15 is 0 Å². The van der Waals surface area contributed by atoms with Gasteiger partial charge >= 0.3 is 0 Å². The average molecular weight is 531 g/mol. The summed E-state index contributed by atoms with van der Waals surface area (Å²) < 4.78 is 39.4. The number of hydrogen-bond donors (Lipinski definition) is 0. The molecule has 0 N–H and O–H groups in total. The molecule has 0 radical (unpaired) electrons. The minimum absolute atomic E-state index is 0.165. The summed E-state index contributed by atoms with van der Waals surface area (Å²) in [4.78, 5) is 0. The van der Waals surface area contributed by atoms with Crippen LogP contribution in [0.25, 0.3) is 0 Å². The summed E-state index contributed by atoms with van der Waals surface area (Å²) >= 11 is 0. The average Bonchev–Trinajstić information content (AvgIpc) is 2.93. The van der Waals surface area contributed by atoms with E-state index in [1.54, 1.807) is 14.2 Å².